The number of nitrogens with zero attached hydrogens (tertiary/aromatic N) is 2. The highest BCUT2D eigenvalue weighted by Gasteiger charge is 2.22. The summed E-state index contributed by atoms with van der Waals surface area (Å²) in [4.78, 5) is 11.0. The van der Waals surface area contributed by atoms with Crippen LogP contribution in [0.3, 0.4) is 0 Å². The fourth-order valence-electron chi connectivity index (χ4n) is 1.86. The Balaban J connectivity index is 2.34. The molecular weight excluding hydrogens is 372 g/mol. The Morgan fingerprint density at radius 3 is 2.16 bits per heavy atom. The van der Waals surface area contributed by atoms with E-state index in [1.54, 1.807) is 0 Å². The molecule has 25 heavy (non-hydrogen) atoms. The monoisotopic (exact) mass is 388 g/mol. The Morgan fingerprint density at radius 1 is 1.08 bits per heavy atom. The van der Waals surface area contributed by atoms with E-state index in [1.807, 2.05) is 0 Å². The van der Waals surface area contributed by atoms with Gasteiger partial charge < -0.3 is 19.5 Å². The number of carbonyl (C=O) groups excluding carboxylic acids is 1. The van der Waals surface area contributed by atoms with E-state index in [9.17, 15) is 13.2 Å². The number of carbonyl (C=O) groups is 1. The molecule has 0 spiro atoms. The molecule has 0 saturated carbocycles. The summed E-state index contributed by atoms with van der Waals surface area (Å²) in [5, 5.41) is 9.63. The lowest BCUT2D eigenvalue weighted by atomic mass is 10.2. The van der Waals surface area contributed by atoms with Crippen LogP contribution in [0.1, 0.15) is 6.92 Å². The highest BCUT2D eigenvalue weighted by Crippen LogP contribution is 2.40. The predicted octanol–water partition coefficient (Wildman–Crippen LogP) is 1.32. The van der Waals surface area contributed by atoms with Crippen LogP contribution in [0.15, 0.2) is 16.5 Å². The molecule has 0 fully saturated rings. The van der Waals surface area contributed by atoms with Crippen LogP contribution in [0.5, 0.6) is 17.2 Å². The average Bonchev–Trinajstić information content (AvgIpc) is 3.02. The average molecular weight is 388 g/mol. The molecule has 12 heteroatoms. The summed E-state index contributed by atoms with van der Waals surface area (Å²) in [5.74, 6) is 0.529. The van der Waals surface area contributed by atoms with Gasteiger partial charge in [-0.25, -0.2) is 0 Å². The van der Waals surface area contributed by atoms with Gasteiger partial charge >= 0.3 is 0 Å². The van der Waals surface area contributed by atoms with Crippen molar-refractivity contribution in [1.82, 2.24) is 10.2 Å². The van der Waals surface area contributed by atoms with Crippen molar-refractivity contribution in [2.75, 3.05) is 31.4 Å². The van der Waals surface area contributed by atoms with E-state index in [2.05, 4.69) is 20.2 Å². The smallest absolute Gasteiger partial charge is 0.291 e. The van der Waals surface area contributed by atoms with Gasteiger partial charge in [-0.1, -0.05) is 11.3 Å². The van der Waals surface area contributed by atoms with E-state index in [4.69, 9.17) is 14.2 Å². The molecule has 136 valence electrons. The van der Waals surface area contributed by atoms with Crippen LogP contribution in [-0.2, 0) is 14.8 Å². The number of hydrogen-bond donors (Lipinski definition) is 2. The number of amides is 1. The minimum atomic E-state index is -4.01. The van der Waals surface area contributed by atoms with Gasteiger partial charge in [0.05, 0.1) is 27.0 Å². The van der Waals surface area contributed by atoms with Gasteiger partial charge in [0.25, 0.3) is 14.4 Å². The van der Waals surface area contributed by atoms with E-state index in [1.165, 1.54) is 40.4 Å². The highest BCUT2D eigenvalue weighted by molar-refractivity contribution is 7.94. The zero-order valence-corrected chi connectivity index (χ0v) is 15.4. The van der Waals surface area contributed by atoms with Crippen molar-refractivity contribution in [3.63, 3.8) is 0 Å². The first kappa shape index (κ1) is 18.7. The molecule has 0 saturated heterocycles. The van der Waals surface area contributed by atoms with Gasteiger partial charge in [-0.15, -0.1) is 10.2 Å². The molecule has 10 nitrogen and oxygen atoms in total. The Labute approximate surface area is 148 Å². The van der Waals surface area contributed by atoms with Crippen LogP contribution >= 0.6 is 11.3 Å². The van der Waals surface area contributed by atoms with Crippen molar-refractivity contribution < 1.29 is 27.4 Å². The molecule has 0 unspecified atom stereocenters. The van der Waals surface area contributed by atoms with Gasteiger partial charge in [-0.2, -0.15) is 8.42 Å². The molecule has 1 aromatic heterocycles. The quantitative estimate of drug-likeness (QED) is 0.680. The van der Waals surface area contributed by atoms with Crippen molar-refractivity contribution in [3.8, 4) is 17.2 Å². The number of nitrogens with one attached hydrogen (secondary N) is 2. The van der Waals surface area contributed by atoms with Crippen LogP contribution in [0.4, 0.5) is 10.8 Å². The summed E-state index contributed by atoms with van der Waals surface area (Å²) in [6.07, 6.45) is 0. The van der Waals surface area contributed by atoms with Crippen molar-refractivity contribution in [2.45, 2.75) is 11.3 Å². The number of hydrogen-bond acceptors (Lipinski definition) is 9. The summed E-state index contributed by atoms with van der Waals surface area (Å²) in [6, 6.07) is 2.88. The van der Waals surface area contributed by atoms with Crippen LogP contribution in [0.2, 0.25) is 0 Å². The SMILES string of the molecule is COc1cc(NS(=O)(=O)c2nnc(NC(C)=O)s2)cc(OC)c1OC. The minimum Gasteiger partial charge on any atom is -0.493 e. The maximum absolute atomic E-state index is 12.4. The highest BCUT2D eigenvalue weighted by atomic mass is 32.2. The second-order valence-electron chi connectivity index (χ2n) is 4.57. The second kappa shape index (κ2) is 7.53. The number of benzene rings is 1. The van der Waals surface area contributed by atoms with Crippen molar-refractivity contribution in [1.29, 1.82) is 0 Å². The standard InChI is InChI=1S/C13H16N4O6S2/c1-7(18)14-12-15-16-13(24-12)25(19,20)17-8-5-9(21-2)11(23-4)10(6-8)22-3/h5-6,17H,1-4H3,(H,14,15,18). The molecule has 2 aromatic rings. The van der Waals surface area contributed by atoms with Gasteiger partial charge in [0.15, 0.2) is 11.5 Å². The Hall–Kier alpha value is -2.60. The predicted molar refractivity (Wildman–Crippen MR) is 91.1 cm³/mol. The van der Waals surface area contributed by atoms with E-state index >= 15 is 0 Å². The third kappa shape index (κ3) is 4.28. The third-order valence-corrected chi connectivity index (χ3v) is 5.42. The maximum atomic E-state index is 12.4. The molecule has 1 aromatic carbocycles. The molecule has 1 amide bonds. The van der Waals surface area contributed by atoms with Gasteiger partial charge in [0.2, 0.25) is 16.8 Å². The summed E-state index contributed by atoms with van der Waals surface area (Å²) in [7, 11) is 0.267. The van der Waals surface area contributed by atoms with Gasteiger partial charge in [0.1, 0.15) is 0 Å². The van der Waals surface area contributed by atoms with E-state index in [0.717, 1.165) is 11.3 Å². The molecule has 0 radical (unpaired) electrons. The van der Waals surface area contributed by atoms with Crippen LogP contribution in [0, 0.1) is 0 Å². The van der Waals surface area contributed by atoms with Crippen LogP contribution < -0.4 is 24.2 Å². The van der Waals surface area contributed by atoms with Crippen molar-refractivity contribution in [2.24, 2.45) is 0 Å². The van der Waals surface area contributed by atoms with E-state index in [-0.39, 0.29) is 32.6 Å². The van der Waals surface area contributed by atoms with E-state index in [0.29, 0.717) is 5.75 Å². The normalized spacial score (nSPS) is 10.9. The molecule has 0 aliphatic rings. The lowest BCUT2D eigenvalue weighted by Crippen LogP contribution is -2.13. The molecular formula is C13H16N4O6S2. The Kier molecular flexibility index (Phi) is 5.64. The molecule has 0 aliphatic carbocycles. The van der Waals surface area contributed by atoms with E-state index < -0.39 is 10.0 Å². The number of methoxy groups -OCH3 is 3. The summed E-state index contributed by atoms with van der Waals surface area (Å²) < 4.78 is 42.4. The fourth-order valence-corrected chi connectivity index (χ4v) is 3.85. The lowest BCUT2D eigenvalue weighted by Gasteiger charge is -2.14. The van der Waals surface area contributed by atoms with Crippen molar-refractivity contribution in [3.05, 3.63) is 12.1 Å². The Bertz CT molecular complexity index is 855. The molecule has 0 atom stereocenters. The molecule has 2 rings (SSSR count). The van der Waals surface area contributed by atoms with Gasteiger partial charge in [0, 0.05) is 19.1 Å². The third-order valence-electron chi connectivity index (χ3n) is 2.84. The first-order valence-corrected chi connectivity index (χ1v) is 9.04. The summed E-state index contributed by atoms with van der Waals surface area (Å²) >= 11 is 0.723. The molecule has 2 N–H and O–H groups in total. The second-order valence-corrected chi connectivity index (χ2v) is 7.41. The number of anilines is 2. The van der Waals surface area contributed by atoms with Crippen LogP contribution in [0.25, 0.3) is 0 Å². The lowest BCUT2D eigenvalue weighted by molar-refractivity contribution is -0.114. The molecule has 0 bridgehead atoms. The maximum Gasteiger partial charge on any atom is 0.291 e. The zero-order chi connectivity index (χ0) is 18.6. The first-order valence-electron chi connectivity index (χ1n) is 6.74. The van der Waals surface area contributed by atoms with Crippen LogP contribution in [-0.4, -0.2) is 45.9 Å². The fraction of sp³-hybridized carbons (Fsp3) is 0.308. The van der Waals surface area contributed by atoms with Gasteiger partial charge in [-0.05, 0) is 0 Å². The molecule has 1 heterocycles. The zero-order valence-electron chi connectivity index (χ0n) is 13.8. The largest absolute Gasteiger partial charge is 0.493 e. The number of aromatic nitrogens is 2. The Morgan fingerprint density at radius 2 is 1.68 bits per heavy atom. The number of ether oxygens (including phenoxy) is 3. The molecule has 0 aliphatic heterocycles. The van der Waals surface area contributed by atoms with Crippen molar-refractivity contribution >= 4 is 38.1 Å². The topological polar surface area (TPSA) is 129 Å². The summed E-state index contributed by atoms with van der Waals surface area (Å²) in [6.45, 7) is 1.28. The minimum absolute atomic E-state index is 0.0813. The first-order chi connectivity index (χ1) is 11.8. The number of rotatable bonds is 7. The number of sulfonamides is 1. The summed E-state index contributed by atoms with van der Waals surface area (Å²) in [5.41, 5.74) is 0.186. The van der Waals surface area contributed by atoms with Gasteiger partial charge in [-0.3, -0.25) is 9.52 Å².